The second-order valence-corrected chi connectivity index (χ2v) is 3.35. The Morgan fingerprint density at radius 3 is 2.69 bits per heavy atom. The van der Waals surface area contributed by atoms with Gasteiger partial charge in [-0.05, 0) is 13.8 Å². The number of nitrogens with one attached hydrogen (secondary N) is 2. The topological polar surface area (TPSA) is 85.2 Å². The van der Waals surface area contributed by atoms with E-state index in [0.29, 0.717) is 6.54 Å². The molecule has 0 aliphatic heterocycles. The van der Waals surface area contributed by atoms with Gasteiger partial charge in [0.05, 0.1) is 18.2 Å². The fourth-order valence-corrected chi connectivity index (χ4v) is 0.683. The summed E-state index contributed by atoms with van der Waals surface area (Å²) in [5, 5.41) is 22.5. The normalized spacial score (nSPS) is 10.6. The van der Waals surface area contributed by atoms with Crippen LogP contribution in [-0.4, -0.2) is 36.2 Å². The molecule has 0 spiro atoms. The number of carbonyl (C=O) groups excluding carboxylic acids is 1. The molecule has 0 aromatic heterocycles. The van der Waals surface area contributed by atoms with Crippen molar-refractivity contribution in [3.63, 3.8) is 0 Å². The van der Waals surface area contributed by atoms with Crippen LogP contribution in [0.3, 0.4) is 0 Å². The Kier molecular flexibility index (Phi) is 5.04. The van der Waals surface area contributed by atoms with E-state index in [9.17, 15) is 9.90 Å². The van der Waals surface area contributed by atoms with E-state index in [2.05, 4.69) is 10.6 Å². The molecule has 74 valence electrons. The van der Waals surface area contributed by atoms with Crippen LogP contribution in [0.25, 0.3) is 0 Å². The summed E-state index contributed by atoms with van der Waals surface area (Å²) < 4.78 is 0. The molecule has 0 fully saturated rings. The lowest BCUT2D eigenvalue weighted by Crippen LogP contribution is -2.40. The predicted molar refractivity (Wildman–Crippen MR) is 47.8 cm³/mol. The average molecular weight is 185 g/mol. The van der Waals surface area contributed by atoms with E-state index in [1.807, 2.05) is 0 Å². The molecule has 0 bridgehead atoms. The van der Waals surface area contributed by atoms with Crippen LogP contribution in [0.1, 0.15) is 13.8 Å². The van der Waals surface area contributed by atoms with Crippen molar-refractivity contribution in [3.8, 4) is 6.07 Å². The SMILES string of the molecule is CC(C)(O)CNCC(=O)NCC#N. The molecule has 0 aromatic carbocycles. The molecule has 3 N–H and O–H groups in total. The molecular weight excluding hydrogens is 170 g/mol. The van der Waals surface area contributed by atoms with Gasteiger partial charge in [0.1, 0.15) is 6.54 Å². The minimum Gasteiger partial charge on any atom is -0.389 e. The molecule has 0 atom stereocenters. The summed E-state index contributed by atoms with van der Waals surface area (Å²) in [4.78, 5) is 10.9. The van der Waals surface area contributed by atoms with Crippen LogP contribution in [-0.2, 0) is 4.79 Å². The maximum absolute atomic E-state index is 10.9. The first kappa shape index (κ1) is 11.9. The van der Waals surface area contributed by atoms with Crippen LogP contribution >= 0.6 is 0 Å². The standard InChI is InChI=1S/C8H15N3O2/c1-8(2,13)6-10-5-7(12)11-4-3-9/h10,13H,4-6H2,1-2H3,(H,11,12). The van der Waals surface area contributed by atoms with E-state index < -0.39 is 5.60 Å². The van der Waals surface area contributed by atoms with Gasteiger partial charge in [0.15, 0.2) is 0 Å². The van der Waals surface area contributed by atoms with Gasteiger partial charge in [-0.2, -0.15) is 5.26 Å². The third-order valence-electron chi connectivity index (χ3n) is 1.21. The van der Waals surface area contributed by atoms with E-state index in [1.54, 1.807) is 19.9 Å². The molecule has 5 nitrogen and oxygen atoms in total. The Morgan fingerprint density at radius 1 is 1.62 bits per heavy atom. The zero-order valence-electron chi connectivity index (χ0n) is 7.92. The van der Waals surface area contributed by atoms with Crippen molar-refractivity contribution in [2.75, 3.05) is 19.6 Å². The lowest BCUT2D eigenvalue weighted by molar-refractivity contribution is -0.120. The Labute approximate surface area is 77.7 Å². The van der Waals surface area contributed by atoms with Gasteiger partial charge >= 0.3 is 0 Å². The largest absolute Gasteiger partial charge is 0.389 e. The van der Waals surface area contributed by atoms with Crippen LogP contribution in [0.5, 0.6) is 0 Å². The van der Waals surface area contributed by atoms with Crippen LogP contribution in [0.4, 0.5) is 0 Å². The maximum Gasteiger partial charge on any atom is 0.234 e. The number of aliphatic hydroxyl groups is 1. The summed E-state index contributed by atoms with van der Waals surface area (Å²) in [5.74, 6) is -0.245. The number of hydrogen-bond acceptors (Lipinski definition) is 4. The van der Waals surface area contributed by atoms with E-state index in [-0.39, 0.29) is 19.0 Å². The number of carbonyl (C=O) groups is 1. The molecule has 1 amide bonds. The van der Waals surface area contributed by atoms with Crippen LogP contribution in [0.15, 0.2) is 0 Å². The highest BCUT2D eigenvalue weighted by Crippen LogP contribution is 1.96. The Bertz CT molecular complexity index is 202. The van der Waals surface area contributed by atoms with E-state index in [0.717, 1.165) is 0 Å². The number of rotatable bonds is 5. The quantitative estimate of drug-likeness (QED) is 0.479. The van der Waals surface area contributed by atoms with E-state index in [4.69, 9.17) is 5.26 Å². The van der Waals surface area contributed by atoms with Crippen molar-refractivity contribution in [2.45, 2.75) is 19.4 Å². The fourth-order valence-electron chi connectivity index (χ4n) is 0.683. The second-order valence-electron chi connectivity index (χ2n) is 3.35. The maximum atomic E-state index is 10.9. The second kappa shape index (κ2) is 5.51. The number of amides is 1. The van der Waals surface area contributed by atoms with Crippen molar-refractivity contribution in [1.82, 2.24) is 10.6 Å². The van der Waals surface area contributed by atoms with Gasteiger partial charge in [-0.25, -0.2) is 0 Å². The molecule has 0 unspecified atom stereocenters. The lowest BCUT2D eigenvalue weighted by Gasteiger charge is -2.17. The first-order valence-electron chi connectivity index (χ1n) is 4.02. The third kappa shape index (κ3) is 8.79. The number of hydrogen-bond donors (Lipinski definition) is 3. The molecule has 13 heavy (non-hydrogen) atoms. The zero-order valence-corrected chi connectivity index (χ0v) is 7.92. The summed E-state index contributed by atoms with van der Waals surface area (Å²) in [6.07, 6.45) is 0. The van der Waals surface area contributed by atoms with Crippen molar-refractivity contribution in [3.05, 3.63) is 0 Å². The summed E-state index contributed by atoms with van der Waals surface area (Å²) in [6.45, 7) is 3.77. The minimum absolute atomic E-state index is 0.0169. The van der Waals surface area contributed by atoms with Gasteiger partial charge in [-0.15, -0.1) is 0 Å². The monoisotopic (exact) mass is 185 g/mol. The van der Waals surface area contributed by atoms with Crippen LogP contribution in [0.2, 0.25) is 0 Å². The van der Waals surface area contributed by atoms with Gasteiger partial charge in [-0.3, -0.25) is 4.79 Å². The van der Waals surface area contributed by atoms with Crippen molar-refractivity contribution in [2.24, 2.45) is 0 Å². The van der Waals surface area contributed by atoms with E-state index in [1.165, 1.54) is 0 Å². The highest BCUT2D eigenvalue weighted by Gasteiger charge is 2.11. The number of nitriles is 1. The lowest BCUT2D eigenvalue weighted by atomic mass is 10.1. The summed E-state index contributed by atoms with van der Waals surface area (Å²) in [7, 11) is 0. The molecule has 0 saturated carbocycles. The highest BCUT2D eigenvalue weighted by atomic mass is 16.3. The molecule has 5 heteroatoms. The van der Waals surface area contributed by atoms with Crippen molar-refractivity contribution < 1.29 is 9.90 Å². The van der Waals surface area contributed by atoms with Crippen molar-refractivity contribution in [1.29, 1.82) is 5.26 Å². The Hall–Kier alpha value is -1.12. The van der Waals surface area contributed by atoms with Crippen LogP contribution < -0.4 is 10.6 Å². The summed E-state index contributed by atoms with van der Waals surface area (Å²) in [5.41, 5.74) is -0.824. The molecule has 0 radical (unpaired) electrons. The first-order chi connectivity index (χ1) is 5.95. The molecule has 0 heterocycles. The van der Waals surface area contributed by atoms with Gasteiger partial charge < -0.3 is 15.7 Å². The van der Waals surface area contributed by atoms with Crippen molar-refractivity contribution >= 4 is 5.91 Å². The number of nitrogens with zero attached hydrogens (tertiary/aromatic N) is 1. The molecule has 0 aliphatic carbocycles. The molecule has 0 rings (SSSR count). The summed E-state index contributed by atoms with van der Waals surface area (Å²) in [6, 6.07) is 1.80. The Morgan fingerprint density at radius 2 is 2.23 bits per heavy atom. The van der Waals surface area contributed by atoms with Crippen LogP contribution in [0, 0.1) is 11.3 Å². The Balaban J connectivity index is 3.44. The minimum atomic E-state index is -0.824. The first-order valence-corrected chi connectivity index (χ1v) is 4.02. The highest BCUT2D eigenvalue weighted by molar-refractivity contribution is 5.78. The molecular formula is C8H15N3O2. The van der Waals surface area contributed by atoms with Gasteiger partial charge in [0.2, 0.25) is 5.91 Å². The zero-order chi connectivity index (χ0) is 10.3. The smallest absolute Gasteiger partial charge is 0.234 e. The van der Waals surface area contributed by atoms with Gasteiger partial charge in [0.25, 0.3) is 0 Å². The fraction of sp³-hybridized carbons (Fsp3) is 0.750. The molecule has 0 aromatic rings. The average Bonchev–Trinajstić information content (AvgIpc) is 1.98. The van der Waals surface area contributed by atoms with E-state index >= 15 is 0 Å². The molecule has 0 aliphatic rings. The third-order valence-corrected chi connectivity index (χ3v) is 1.21. The summed E-state index contributed by atoms with van der Waals surface area (Å²) >= 11 is 0. The molecule has 0 saturated heterocycles. The van der Waals surface area contributed by atoms with Gasteiger partial charge in [-0.1, -0.05) is 0 Å². The predicted octanol–water partition coefficient (Wildman–Crippen LogP) is -1.01. The van der Waals surface area contributed by atoms with Gasteiger partial charge in [0, 0.05) is 6.54 Å².